The predicted molar refractivity (Wildman–Crippen MR) is 505 cm³/mol. The van der Waals surface area contributed by atoms with Crippen molar-refractivity contribution >= 4 is 159 Å². The third-order valence-corrected chi connectivity index (χ3v) is 30.7. The van der Waals surface area contributed by atoms with Crippen molar-refractivity contribution in [3.63, 3.8) is 0 Å². The maximum atomic E-state index is 17.1. The lowest BCUT2D eigenvalue weighted by atomic mass is 9.80. The largest absolute Gasteiger partial charge is 0.457 e. The van der Waals surface area contributed by atoms with Crippen LogP contribution in [0.15, 0.2) is 270 Å². The van der Waals surface area contributed by atoms with Crippen LogP contribution in [0.3, 0.4) is 0 Å². The number of hydrogen-bond acceptors (Lipinski definition) is 24. The molecular weight excluding hydrogens is 1950 g/mol. The molecule has 8 N–H and O–H groups in total. The third-order valence-electron chi connectivity index (χ3n) is 23.6. The van der Waals surface area contributed by atoms with Gasteiger partial charge in [0.25, 0.3) is 105 Å². The maximum absolute atomic E-state index is 17.1. The van der Waals surface area contributed by atoms with E-state index in [-0.39, 0.29) is 44.4 Å². The van der Waals surface area contributed by atoms with Crippen LogP contribution >= 0.6 is 0 Å². The Labute approximate surface area is 788 Å². The monoisotopic (exact) mass is 2020 g/mol. The first-order valence-electron chi connectivity index (χ1n) is 41.4. The molecular formula is C96H74N2O32S8. The molecule has 2 heterocycles. The number of rotatable bonds is 26. The highest BCUT2D eigenvalue weighted by Gasteiger charge is 2.46. The molecule has 0 aromatic heterocycles. The first kappa shape index (κ1) is 96.1. The van der Waals surface area contributed by atoms with Gasteiger partial charge in [-0.2, -0.15) is 67.3 Å². The molecule has 15 aromatic rings. The number of fused-ring (bicyclic) bond motifs is 2. The number of para-hydroxylation sites is 2. The quantitative estimate of drug-likeness (QED) is 0.0108. The number of anilines is 2. The van der Waals surface area contributed by atoms with Crippen LogP contribution in [-0.4, -0.2) is 127 Å². The fourth-order valence-electron chi connectivity index (χ4n) is 17.7. The average molecular weight is 2020 g/mol. The van der Waals surface area contributed by atoms with E-state index in [0.717, 1.165) is 180 Å². The zero-order valence-corrected chi connectivity index (χ0v) is 79.3. The first-order valence-corrected chi connectivity index (χ1v) is 52.9. The van der Waals surface area contributed by atoms with Crippen LogP contribution in [-0.2, 0) is 80.9 Å². The summed E-state index contributed by atoms with van der Waals surface area (Å²) in [6.07, 6.45) is 0. The third kappa shape index (κ3) is 17.3. The van der Waals surface area contributed by atoms with Crippen LogP contribution in [0.1, 0.15) is 143 Å². The van der Waals surface area contributed by atoms with Crippen LogP contribution in [0.2, 0.25) is 0 Å². The molecule has 0 fully saturated rings. The van der Waals surface area contributed by atoms with Gasteiger partial charge in [0, 0.05) is 65.3 Å². The van der Waals surface area contributed by atoms with Crippen molar-refractivity contribution in [2.24, 2.45) is 0 Å². The zero-order valence-electron chi connectivity index (χ0n) is 72.8. The lowest BCUT2D eigenvalue weighted by molar-refractivity contribution is 0.0877. The van der Waals surface area contributed by atoms with Crippen molar-refractivity contribution in [3.8, 4) is 90.5 Å². The summed E-state index contributed by atoms with van der Waals surface area (Å²) >= 11 is 0. The molecule has 34 nitrogen and oxygen atoms in total. The van der Waals surface area contributed by atoms with Crippen molar-refractivity contribution in [2.45, 2.75) is 118 Å². The Morgan fingerprint density at radius 2 is 0.413 bits per heavy atom. The fraction of sp³-hybridized carbons (Fsp3) is 0.125. The van der Waals surface area contributed by atoms with Crippen molar-refractivity contribution in [1.82, 2.24) is 0 Å². The minimum atomic E-state index is -5.42. The molecule has 4 amide bonds. The summed E-state index contributed by atoms with van der Waals surface area (Å²) in [7, 11) is -42.2. The number of benzene rings is 15. The van der Waals surface area contributed by atoms with Gasteiger partial charge < -0.3 is 18.9 Å². The number of imide groups is 2. The second kappa shape index (κ2) is 34.2. The molecule has 2 aliphatic rings. The van der Waals surface area contributed by atoms with E-state index < -0.39 is 290 Å². The van der Waals surface area contributed by atoms with E-state index in [1.807, 2.05) is 0 Å². The molecule has 42 heteroatoms. The predicted octanol–water partition coefficient (Wildman–Crippen LogP) is 19.6. The highest BCUT2D eigenvalue weighted by Crippen LogP contribution is 2.60. The standard InChI is InChI=1S/C96H74N2O32S8/c1-47(2)63-23-13-24-64(48(3)4)91(63)97-93(99)71-43-75(127-55-27-31-79(135(115,116)117)67(39-55)51-15-9-19-59(35-51)131(103,104)105)85-87-77(129-57-29-33-81(137(121,122)123)69(41-57)53-17-11-21-61(37-53)133(109,110)111)45-73-84-74(96(102)98(95(73)101)92-65(49(5)6)25-14-26-66(92)50(7)8)46-78(130-58-30-34-82(138(124,125)126)70(42-58)54-18-12-22-62(38-54)134(112,113)114)88(90(84)87)86-76(44-72(94(97)100)83(71)89(85)86)128-56-28-32-80(136(118,119)120)68(40-56)52-16-10-20-60(36-52)132(106,107)108/h9-50H,1-8H3,(H,103,104,105)(H,106,107,108)(H,109,110,111)(H,112,113,114)(H,115,116,117)(H,118,119,120)(H,121,122,123)(H,124,125,126). The minimum Gasteiger partial charge on any atom is -0.457 e. The number of nitrogens with zero attached hydrogens (tertiary/aromatic N) is 2. The molecule has 0 unspecified atom stereocenters. The van der Waals surface area contributed by atoms with Gasteiger partial charge in [-0.05, 0) is 214 Å². The van der Waals surface area contributed by atoms with E-state index in [9.17, 15) is 104 Å². The summed E-state index contributed by atoms with van der Waals surface area (Å²) in [5.74, 6) is -11.2. The lowest BCUT2D eigenvalue weighted by Crippen LogP contribution is -2.42. The first-order chi connectivity index (χ1) is 64.5. The minimum absolute atomic E-state index is 0.0423. The molecule has 17 rings (SSSR count). The van der Waals surface area contributed by atoms with Gasteiger partial charge >= 0.3 is 0 Å². The molecule has 708 valence electrons. The Morgan fingerprint density at radius 3 is 0.594 bits per heavy atom. The van der Waals surface area contributed by atoms with Crippen LogP contribution in [0, 0.1) is 0 Å². The Morgan fingerprint density at radius 1 is 0.217 bits per heavy atom. The van der Waals surface area contributed by atoms with Gasteiger partial charge in [-0.25, -0.2) is 9.80 Å². The zero-order chi connectivity index (χ0) is 99.7. The molecule has 0 radical (unpaired) electrons. The SMILES string of the molecule is CC(C)c1cccc(C(C)C)c1N1C(=O)c2cc(Oc3ccc(S(=O)(=O)O)c(-c4cccc(S(=O)(=O)O)c4)c3)c3c4c(Oc5ccc(S(=O)(=O)O)c(-c6cccc(S(=O)(=O)O)c6)c5)cc5c6c(cc(Oc7ccc(S(=O)(=O)O)c(-c8cccc(S(=O)(=O)O)c8)c7)c(c7c(Oc8ccc(S(=O)(=O)O)c(-c9cccc(S(=O)(=O)O)c9)c8)cc(c2c37)C1=O)c64)C(=O)N(c1c(C(C)C)cccc1C(C)C)C5=O. The Bertz CT molecular complexity index is 7940. The van der Waals surface area contributed by atoms with Crippen LogP contribution in [0.25, 0.3) is 87.6 Å². The Hall–Kier alpha value is -13.6. The molecule has 0 saturated carbocycles. The summed E-state index contributed by atoms with van der Waals surface area (Å²) in [5, 5.41) is -3.50. The summed E-state index contributed by atoms with van der Waals surface area (Å²) in [4.78, 5) is 63.3. The summed E-state index contributed by atoms with van der Waals surface area (Å²) in [6.45, 7) is 14.2. The second-order valence-electron chi connectivity index (χ2n) is 33.7. The summed E-state index contributed by atoms with van der Waals surface area (Å²) in [5.41, 5.74) is -3.84. The highest BCUT2D eigenvalue weighted by atomic mass is 32.2. The molecule has 2 aliphatic heterocycles. The van der Waals surface area contributed by atoms with E-state index in [2.05, 4.69) is 0 Å². The Balaban J connectivity index is 1.13. The fourth-order valence-corrected chi connectivity index (χ4v) is 22.6. The van der Waals surface area contributed by atoms with E-state index in [1.165, 1.54) is 24.3 Å². The van der Waals surface area contributed by atoms with Crippen molar-refractivity contribution in [1.29, 1.82) is 0 Å². The average Bonchev–Trinajstić information content (AvgIpc) is 0.666. The van der Waals surface area contributed by atoms with Crippen molar-refractivity contribution < 1.29 is 142 Å². The molecule has 0 saturated heterocycles. The Kier molecular flexibility index (Phi) is 23.8. The van der Waals surface area contributed by atoms with E-state index >= 15 is 19.2 Å². The van der Waals surface area contributed by atoms with Crippen LogP contribution in [0.5, 0.6) is 46.0 Å². The van der Waals surface area contributed by atoms with E-state index in [1.54, 1.807) is 91.8 Å². The van der Waals surface area contributed by atoms with Gasteiger partial charge in [0.1, 0.15) is 65.6 Å². The van der Waals surface area contributed by atoms with Gasteiger partial charge in [-0.15, -0.1) is 0 Å². The van der Waals surface area contributed by atoms with Crippen molar-refractivity contribution in [2.75, 3.05) is 9.80 Å². The topological polar surface area (TPSA) is 547 Å². The van der Waals surface area contributed by atoms with E-state index in [4.69, 9.17) is 18.9 Å². The molecule has 0 aliphatic carbocycles. The van der Waals surface area contributed by atoms with Gasteiger partial charge in [0.05, 0.1) is 53.2 Å². The molecule has 0 bridgehead atoms. The summed E-state index contributed by atoms with van der Waals surface area (Å²) < 4.78 is 329. The van der Waals surface area contributed by atoms with E-state index in [0.29, 0.717) is 22.3 Å². The molecule has 138 heavy (non-hydrogen) atoms. The number of ether oxygens (including phenoxy) is 4. The molecule has 0 atom stereocenters. The van der Waals surface area contributed by atoms with Gasteiger partial charge in [0.2, 0.25) is 0 Å². The maximum Gasteiger partial charge on any atom is 0.295 e. The number of carbonyl (C=O) groups is 4. The normalized spacial score (nSPS) is 13.7. The van der Waals surface area contributed by atoms with Crippen LogP contribution < -0.4 is 28.7 Å². The van der Waals surface area contributed by atoms with Crippen LogP contribution in [0.4, 0.5) is 11.4 Å². The molecule has 0 spiro atoms. The van der Waals surface area contributed by atoms with Crippen molar-refractivity contribution in [3.05, 3.63) is 275 Å². The number of hydrogen-bond donors (Lipinski definition) is 8. The lowest BCUT2D eigenvalue weighted by Gasteiger charge is -2.35. The van der Waals surface area contributed by atoms with Gasteiger partial charge in [-0.3, -0.25) is 55.6 Å². The van der Waals surface area contributed by atoms with Gasteiger partial charge in [0.15, 0.2) is 0 Å². The highest BCUT2D eigenvalue weighted by molar-refractivity contribution is 7.87. The summed E-state index contributed by atoms with van der Waals surface area (Å²) in [6, 6.07) is 41.9. The number of carbonyl (C=O) groups excluding carboxylic acids is 4. The number of amides is 4. The molecule has 15 aromatic carbocycles. The second-order valence-corrected chi connectivity index (χ2v) is 45.0. The van der Waals surface area contributed by atoms with Gasteiger partial charge in [-0.1, -0.05) is 140 Å². The smallest absolute Gasteiger partial charge is 0.295 e.